The van der Waals surface area contributed by atoms with E-state index in [1.54, 1.807) is 7.11 Å². The number of nitrogen functional groups attached to an aromatic ring is 1. The number of nitrogens with zero attached hydrogens (tertiary/aromatic N) is 1. The minimum atomic E-state index is 0.733. The van der Waals surface area contributed by atoms with Gasteiger partial charge in [-0.15, -0.1) is 0 Å². The number of nitrogens with two attached hydrogens (primary N) is 1. The number of methoxy groups -OCH3 is 1. The van der Waals surface area contributed by atoms with Crippen molar-refractivity contribution in [3.8, 4) is 0 Å². The molecule has 0 heterocycles. The van der Waals surface area contributed by atoms with Gasteiger partial charge in [0.1, 0.15) is 0 Å². The number of ether oxygens (including phenoxy) is 1. The summed E-state index contributed by atoms with van der Waals surface area (Å²) in [7, 11) is 3.76. The van der Waals surface area contributed by atoms with Gasteiger partial charge in [-0.1, -0.05) is 0 Å². The Morgan fingerprint density at radius 2 is 2.21 bits per heavy atom. The van der Waals surface area contributed by atoms with Crippen LogP contribution in [0.5, 0.6) is 0 Å². The summed E-state index contributed by atoms with van der Waals surface area (Å²) in [5, 5.41) is 0. The Hall–Kier alpha value is -0.490. The molecule has 0 spiro atoms. The largest absolute Gasteiger partial charge is 0.399 e. The molecule has 0 radical (unpaired) electrons. The van der Waals surface area contributed by atoms with E-state index in [0.717, 1.165) is 18.8 Å². The number of hydrogen-bond donors (Lipinski definition) is 1. The highest BCUT2D eigenvalue weighted by molar-refractivity contribution is 14.1. The molecule has 1 aromatic carbocycles. The lowest BCUT2D eigenvalue weighted by Crippen LogP contribution is -2.22. The second kappa shape index (κ2) is 5.41. The third-order valence-electron chi connectivity index (χ3n) is 2.01. The van der Waals surface area contributed by atoms with Crippen LogP contribution in [0.15, 0.2) is 18.2 Å². The summed E-state index contributed by atoms with van der Waals surface area (Å²) >= 11 is 2.29. The summed E-state index contributed by atoms with van der Waals surface area (Å²) < 4.78 is 6.20. The van der Waals surface area contributed by atoms with Crippen molar-refractivity contribution in [1.29, 1.82) is 0 Å². The van der Waals surface area contributed by atoms with E-state index in [4.69, 9.17) is 10.5 Å². The summed E-state index contributed by atoms with van der Waals surface area (Å²) in [6, 6.07) is 5.92. The average molecular weight is 306 g/mol. The van der Waals surface area contributed by atoms with Crippen molar-refractivity contribution in [3.05, 3.63) is 21.8 Å². The van der Waals surface area contributed by atoms with E-state index in [1.165, 1.54) is 9.26 Å². The highest BCUT2D eigenvalue weighted by atomic mass is 127. The van der Waals surface area contributed by atoms with Crippen molar-refractivity contribution >= 4 is 34.0 Å². The highest BCUT2D eigenvalue weighted by Crippen LogP contribution is 2.23. The second-order valence-corrected chi connectivity index (χ2v) is 4.29. The summed E-state index contributed by atoms with van der Waals surface area (Å²) in [5.74, 6) is 0. The van der Waals surface area contributed by atoms with Gasteiger partial charge in [-0.05, 0) is 40.8 Å². The molecule has 4 heteroatoms. The van der Waals surface area contributed by atoms with Gasteiger partial charge >= 0.3 is 0 Å². The van der Waals surface area contributed by atoms with Crippen LogP contribution in [0.3, 0.4) is 0 Å². The molecule has 0 unspecified atom stereocenters. The molecule has 3 nitrogen and oxygen atoms in total. The molecule has 0 amide bonds. The maximum atomic E-state index is 5.68. The van der Waals surface area contributed by atoms with Crippen LogP contribution in [0.1, 0.15) is 0 Å². The van der Waals surface area contributed by atoms with Crippen LogP contribution in [0.2, 0.25) is 0 Å². The topological polar surface area (TPSA) is 38.5 Å². The normalized spacial score (nSPS) is 10.2. The van der Waals surface area contributed by atoms with Crippen LogP contribution >= 0.6 is 22.6 Å². The number of likely N-dealkylation sites (N-methyl/N-ethyl adjacent to an activating group) is 1. The lowest BCUT2D eigenvalue weighted by Gasteiger charge is -2.20. The van der Waals surface area contributed by atoms with Gasteiger partial charge in [0.15, 0.2) is 0 Å². The fourth-order valence-corrected chi connectivity index (χ4v) is 2.13. The monoisotopic (exact) mass is 306 g/mol. The third kappa shape index (κ3) is 3.02. The number of rotatable bonds is 4. The molecule has 0 bridgehead atoms. The van der Waals surface area contributed by atoms with Crippen molar-refractivity contribution in [2.24, 2.45) is 0 Å². The van der Waals surface area contributed by atoms with Gasteiger partial charge in [0, 0.05) is 30.0 Å². The van der Waals surface area contributed by atoms with Crippen LogP contribution < -0.4 is 10.6 Å². The molecule has 78 valence electrons. The van der Waals surface area contributed by atoms with E-state index in [1.807, 2.05) is 25.2 Å². The van der Waals surface area contributed by atoms with E-state index >= 15 is 0 Å². The lowest BCUT2D eigenvalue weighted by atomic mass is 10.2. The molecule has 0 saturated carbocycles. The van der Waals surface area contributed by atoms with Gasteiger partial charge in [0.05, 0.1) is 12.3 Å². The van der Waals surface area contributed by atoms with Crippen molar-refractivity contribution in [3.63, 3.8) is 0 Å². The number of anilines is 2. The molecule has 0 aromatic heterocycles. The molecule has 0 saturated heterocycles. The van der Waals surface area contributed by atoms with Crippen LogP contribution in [0.4, 0.5) is 11.4 Å². The molecule has 1 aromatic rings. The van der Waals surface area contributed by atoms with Crippen molar-refractivity contribution in [2.75, 3.05) is 37.9 Å². The molecule has 0 aliphatic heterocycles. The third-order valence-corrected chi connectivity index (χ3v) is 2.88. The SMILES string of the molecule is COCCN(C)c1ccc(N)cc1I. The molecular weight excluding hydrogens is 291 g/mol. The first-order chi connectivity index (χ1) is 6.65. The Morgan fingerprint density at radius 3 is 2.79 bits per heavy atom. The minimum Gasteiger partial charge on any atom is -0.399 e. The van der Waals surface area contributed by atoms with Gasteiger partial charge in [-0.25, -0.2) is 0 Å². The molecule has 14 heavy (non-hydrogen) atoms. The van der Waals surface area contributed by atoms with Crippen LogP contribution in [0, 0.1) is 3.57 Å². The zero-order valence-corrected chi connectivity index (χ0v) is 10.6. The first kappa shape index (κ1) is 11.6. The summed E-state index contributed by atoms with van der Waals surface area (Å²) in [6.45, 7) is 1.62. The quantitative estimate of drug-likeness (QED) is 0.683. The first-order valence-corrected chi connectivity index (χ1v) is 5.48. The van der Waals surface area contributed by atoms with Gasteiger partial charge in [0.2, 0.25) is 0 Å². The first-order valence-electron chi connectivity index (χ1n) is 4.40. The standard InChI is InChI=1S/C10H15IN2O/c1-13(5-6-14-2)10-4-3-8(12)7-9(10)11/h3-4,7H,5-6,12H2,1-2H3. The lowest BCUT2D eigenvalue weighted by molar-refractivity contribution is 0.206. The minimum absolute atomic E-state index is 0.733. The maximum absolute atomic E-state index is 5.68. The predicted octanol–water partition coefficient (Wildman–Crippen LogP) is 1.96. The Morgan fingerprint density at radius 1 is 1.50 bits per heavy atom. The van der Waals surface area contributed by atoms with E-state index in [-0.39, 0.29) is 0 Å². The van der Waals surface area contributed by atoms with Crippen LogP contribution in [-0.2, 0) is 4.74 Å². The maximum Gasteiger partial charge on any atom is 0.0637 e. The molecule has 0 aliphatic carbocycles. The Balaban J connectivity index is 2.74. The number of hydrogen-bond acceptors (Lipinski definition) is 3. The molecule has 0 aliphatic rings. The molecule has 0 fully saturated rings. The summed E-state index contributed by atoms with van der Waals surface area (Å²) in [4.78, 5) is 2.16. The zero-order valence-electron chi connectivity index (χ0n) is 8.46. The summed E-state index contributed by atoms with van der Waals surface area (Å²) in [6.07, 6.45) is 0. The van der Waals surface area contributed by atoms with Crippen LogP contribution in [-0.4, -0.2) is 27.3 Å². The van der Waals surface area contributed by atoms with E-state index in [0.29, 0.717) is 0 Å². The smallest absolute Gasteiger partial charge is 0.0637 e. The predicted molar refractivity (Wildman–Crippen MR) is 68.7 cm³/mol. The van der Waals surface area contributed by atoms with Crippen molar-refractivity contribution < 1.29 is 4.74 Å². The fourth-order valence-electron chi connectivity index (χ4n) is 1.18. The second-order valence-electron chi connectivity index (χ2n) is 3.13. The molecular formula is C10H15IN2O. The Bertz CT molecular complexity index is 304. The van der Waals surface area contributed by atoms with E-state index < -0.39 is 0 Å². The van der Waals surface area contributed by atoms with E-state index in [9.17, 15) is 0 Å². The summed E-state index contributed by atoms with van der Waals surface area (Å²) in [5.41, 5.74) is 7.68. The van der Waals surface area contributed by atoms with Crippen LogP contribution in [0.25, 0.3) is 0 Å². The number of benzene rings is 1. The Labute approximate surface area is 98.4 Å². The molecule has 1 rings (SSSR count). The van der Waals surface area contributed by atoms with Gasteiger partial charge in [-0.3, -0.25) is 0 Å². The Kier molecular flexibility index (Phi) is 4.47. The van der Waals surface area contributed by atoms with E-state index in [2.05, 4.69) is 27.5 Å². The highest BCUT2D eigenvalue weighted by Gasteiger charge is 2.04. The molecule has 2 N–H and O–H groups in total. The van der Waals surface area contributed by atoms with Gasteiger partial charge in [0.25, 0.3) is 0 Å². The fraction of sp³-hybridized carbons (Fsp3) is 0.400. The van der Waals surface area contributed by atoms with Gasteiger partial charge in [-0.2, -0.15) is 0 Å². The zero-order chi connectivity index (χ0) is 10.6. The van der Waals surface area contributed by atoms with Crippen molar-refractivity contribution in [1.82, 2.24) is 0 Å². The van der Waals surface area contributed by atoms with Gasteiger partial charge < -0.3 is 15.4 Å². The average Bonchev–Trinajstić information content (AvgIpc) is 2.14. The molecule has 0 atom stereocenters. The number of halogens is 1. The van der Waals surface area contributed by atoms with Crippen molar-refractivity contribution in [2.45, 2.75) is 0 Å².